The summed E-state index contributed by atoms with van der Waals surface area (Å²) in [5, 5.41) is 16.1. The van der Waals surface area contributed by atoms with Crippen LogP contribution in [0.1, 0.15) is 12.5 Å². The Morgan fingerprint density at radius 1 is 1.00 bits per heavy atom. The van der Waals surface area contributed by atoms with E-state index in [0.29, 0.717) is 0 Å². The maximum Gasteiger partial charge on any atom is 0.326 e. The molecule has 1 atom stereocenters. The molecule has 0 aliphatic carbocycles. The summed E-state index contributed by atoms with van der Waals surface area (Å²) in [5.74, 6) is -1.38. The van der Waals surface area contributed by atoms with Crippen molar-refractivity contribution in [2.24, 2.45) is 0 Å². The van der Waals surface area contributed by atoms with Crippen molar-refractivity contribution < 1.29 is 14.7 Å². The largest absolute Gasteiger partial charge is 0.480 e. The molecule has 0 heterocycles. The van der Waals surface area contributed by atoms with Gasteiger partial charge >= 0.3 is 5.97 Å². The summed E-state index contributed by atoms with van der Waals surface area (Å²) in [5.41, 5.74) is 0.944. The summed E-state index contributed by atoms with van der Waals surface area (Å²) in [6.45, 7) is 1.33. The van der Waals surface area contributed by atoms with Gasteiger partial charge < -0.3 is 10.4 Å². The van der Waals surface area contributed by atoms with Crippen LogP contribution in [0.3, 0.4) is 0 Å². The fraction of sp³-hybridized carbons (Fsp3) is 0.158. The topological polar surface area (TPSA) is 66.4 Å². The molecule has 0 aliphatic rings. The number of carbonyl (C=O) groups excluding carboxylic acids is 1. The van der Waals surface area contributed by atoms with Crippen LogP contribution in [0.2, 0.25) is 0 Å². The van der Waals surface area contributed by atoms with Gasteiger partial charge in [-0.15, -0.1) is 0 Å². The van der Waals surface area contributed by atoms with Gasteiger partial charge in [0.25, 0.3) is 0 Å². The maximum absolute atomic E-state index is 11.5. The molecule has 2 N–H and O–H groups in total. The average molecular weight is 307 g/mol. The van der Waals surface area contributed by atoms with Crippen molar-refractivity contribution in [2.45, 2.75) is 19.4 Å². The second-order valence-electron chi connectivity index (χ2n) is 5.59. The molecule has 4 heteroatoms. The molecule has 0 spiro atoms. The van der Waals surface area contributed by atoms with Crippen molar-refractivity contribution in [1.82, 2.24) is 5.32 Å². The number of rotatable bonds is 4. The quantitative estimate of drug-likeness (QED) is 0.728. The second kappa shape index (κ2) is 6.08. The average Bonchev–Trinajstić information content (AvgIpc) is 2.53. The fourth-order valence-corrected chi connectivity index (χ4v) is 2.98. The van der Waals surface area contributed by atoms with E-state index in [1.807, 2.05) is 48.5 Å². The number of hydrogen-bond acceptors (Lipinski definition) is 2. The molecule has 0 saturated carbocycles. The standard InChI is InChI=1S/C19H17NO3/c1-12(21)20-18(19(22)23)11-17-15-8-4-2-6-13(15)10-14-7-3-5-9-16(14)17/h2-10,18H,11H2,1H3,(H,20,21)(H,22,23)/t18-/m0/s1. The minimum atomic E-state index is -1.03. The molecular weight excluding hydrogens is 290 g/mol. The number of aliphatic carboxylic acids is 1. The highest BCUT2D eigenvalue weighted by atomic mass is 16.4. The van der Waals surface area contributed by atoms with Crippen LogP contribution in [-0.2, 0) is 16.0 Å². The first kappa shape index (κ1) is 15.0. The van der Waals surface area contributed by atoms with Gasteiger partial charge in [-0.2, -0.15) is 0 Å². The number of fused-ring (bicyclic) bond motifs is 2. The van der Waals surface area contributed by atoms with Crippen LogP contribution in [-0.4, -0.2) is 23.0 Å². The molecule has 3 aromatic rings. The number of amides is 1. The molecule has 116 valence electrons. The van der Waals surface area contributed by atoms with Crippen LogP contribution in [0.15, 0.2) is 54.6 Å². The van der Waals surface area contributed by atoms with Crippen molar-refractivity contribution in [3.63, 3.8) is 0 Å². The lowest BCUT2D eigenvalue weighted by atomic mass is 9.92. The van der Waals surface area contributed by atoms with Gasteiger partial charge in [0.2, 0.25) is 5.91 Å². The lowest BCUT2D eigenvalue weighted by Crippen LogP contribution is -2.41. The first-order chi connectivity index (χ1) is 11.1. The van der Waals surface area contributed by atoms with E-state index < -0.39 is 12.0 Å². The number of carboxylic acid groups (broad SMARTS) is 1. The Morgan fingerprint density at radius 2 is 1.52 bits per heavy atom. The Bertz CT molecular complexity index is 847. The molecule has 3 rings (SSSR count). The number of hydrogen-bond donors (Lipinski definition) is 2. The smallest absolute Gasteiger partial charge is 0.326 e. The zero-order chi connectivity index (χ0) is 16.4. The van der Waals surface area contributed by atoms with Crippen molar-refractivity contribution in [1.29, 1.82) is 0 Å². The van der Waals surface area contributed by atoms with E-state index in [2.05, 4.69) is 11.4 Å². The van der Waals surface area contributed by atoms with Crippen molar-refractivity contribution in [3.05, 3.63) is 60.2 Å². The molecule has 23 heavy (non-hydrogen) atoms. The third-order valence-electron chi connectivity index (χ3n) is 3.97. The molecule has 0 radical (unpaired) electrons. The van der Waals surface area contributed by atoms with Gasteiger partial charge in [0.15, 0.2) is 0 Å². The van der Waals surface area contributed by atoms with Gasteiger partial charge in [-0.3, -0.25) is 4.79 Å². The maximum atomic E-state index is 11.5. The third-order valence-corrected chi connectivity index (χ3v) is 3.97. The molecule has 0 fully saturated rings. The summed E-state index contributed by atoms with van der Waals surface area (Å²) in [6.07, 6.45) is 0.247. The second-order valence-corrected chi connectivity index (χ2v) is 5.59. The molecule has 3 aromatic carbocycles. The van der Waals surface area contributed by atoms with Crippen LogP contribution in [0.5, 0.6) is 0 Å². The highest BCUT2D eigenvalue weighted by molar-refractivity contribution is 6.02. The lowest BCUT2D eigenvalue weighted by Gasteiger charge is -2.17. The Balaban J connectivity index is 2.19. The minimum absolute atomic E-state index is 0.247. The van der Waals surface area contributed by atoms with Crippen LogP contribution >= 0.6 is 0 Å². The van der Waals surface area contributed by atoms with E-state index in [4.69, 9.17) is 0 Å². The van der Waals surface area contributed by atoms with Crippen LogP contribution in [0.4, 0.5) is 0 Å². The van der Waals surface area contributed by atoms with Crippen molar-refractivity contribution in [3.8, 4) is 0 Å². The van der Waals surface area contributed by atoms with Gasteiger partial charge in [-0.1, -0.05) is 48.5 Å². The molecular formula is C19H17NO3. The summed E-state index contributed by atoms with van der Waals surface area (Å²) in [7, 11) is 0. The Hall–Kier alpha value is -2.88. The molecule has 0 saturated heterocycles. The Labute approximate surface area is 133 Å². The molecule has 0 unspecified atom stereocenters. The minimum Gasteiger partial charge on any atom is -0.480 e. The van der Waals surface area contributed by atoms with Crippen molar-refractivity contribution in [2.75, 3.05) is 0 Å². The third kappa shape index (κ3) is 3.01. The summed E-state index contributed by atoms with van der Waals surface area (Å²) < 4.78 is 0. The summed E-state index contributed by atoms with van der Waals surface area (Å²) in [4.78, 5) is 22.8. The summed E-state index contributed by atoms with van der Waals surface area (Å²) in [6, 6.07) is 17.0. The fourth-order valence-electron chi connectivity index (χ4n) is 2.98. The molecule has 0 aromatic heterocycles. The monoisotopic (exact) mass is 307 g/mol. The van der Waals surface area contributed by atoms with Gasteiger partial charge in [0, 0.05) is 13.3 Å². The predicted molar refractivity (Wildman–Crippen MR) is 90.4 cm³/mol. The Kier molecular flexibility index (Phi) is 3.98. The van der Waals surface area contributed by atoms with Gasteiger partial charge in [-0.05, 0) is 33.2 Å². The number of benzene rings is 3. The van der Waals surface area contributed by atoms with Crippen LogP contribution in [0, 0.1) is 0 Å². The van der Waals surface area contributed by atoms with Gasteiger partial charge in [0.05, 0.1) is 0 Å². The number of carbonyl (C=O) groups is 2. The first-order valence-corrected chi connectivity index (χ1v) is 7.45. The molecule has 4 nitrogen and oxygen atoms in total. The summed E-state index contributed by atoms with van der Waals surface area (Å²) >= 11 is 0. The highest BCUT2D eigenvalue weighted by Crippen LogP contribution is 2.29. The van der Waals surface area contributed by atoms with Crippen LogP contribution in [0.25, 0.3) is 21.5 Å². The van der Waals surface area contributed by atoms with Gasteiger partial charge in [-0.25, -0.2) is 4.79 Å². The number of nitrogens with one attached hydrogen (secondary N) is 1. The zero-order valence-corrected chi connectivity index (χ0v) is 12.7. The van der Waals surface area contributed by atoms with E-state index in [0.717, 1.165) is 27.1 Å². The van der Waals surface area contributed by atoms with Crippen LogP contribution < -0.4 is 5.32 Å². The predicted octanol–water partition coefficient (Wildman–Crippen LogP) is 3.12. The van der Waals surface area contributed by atoms with E-state index in [1.165, 1.54) is 6.92 Å². The molecule has 1 amide bonds. The normalized spacial score (nSPS) is 12.2. The first-order valence-electron chi connectivity index (χ1n) is 7.45. The van der Waals surface area contributed by atoms with E-state index in [-0.39, 0.29) is 12.3 Å². The number of carboxylic acids is 1. The SMILES string of the molecule is CC(=O)N[C@@H](Cc1c2ccccc2cc2ccccc12)C(=O)O. The van der Waals surface area contributed by atoms with Crippen molar-refractivity contribution >= 4 is 33.4 Å². The highest BCUT2D eigenvalue weighted by Gasteiger charge is 2.21. The molecule has 0 aliphatic heterocycles. The Morgan fingerprint density at radius 3 is 2.00 bits per heavy atom. The van der Waals surface area contributed by atoms with E-state index >= 15 is 0 Å². The zero-order valence-electron chi connectivity index (χ0n) is 12.7. The van der Waals surface area contributed by atoms with E-state index in [9.17, 15) is 14.7 Å². The van der Waals surface area contributed by atoms with Gasteiger partial charge in [0.1, 0.15) is 6.04 Å². The lowest BCUT2D eigenvalue weighted by molar-refractivity contribution is -0.141. The van der Waals surface area contributed by atoms with E-state index in [1.54, 1.807) is 0 Å². The molecule has 0 bridgehead atoms.